The summed E-state index contributed by atoms with van der Waals surface area (Å²) in [6.45, 7) is 1.68. The molecule has 2 aliphatic rings. The molecular weight excluding hydrogens is 148 g/mol. The standard InChI is InChI=1S/C7H10O4/c1-6-3-2-4-7(6,9)11-10-5(6)8/h9H,2-4H2,1H3. The zero-order valence-electron chi connectivity index (χ0n) is 6.29. The van der Waals surface area contributed by atoms with Crippen molar-refractivity contribution in [3.8, 4) is 0 Å². The van der Waals surface area contributed by atoms with E-state index in [4.69, 9.17) is 0 Å². The van der Waals surface area contributed by atoms with Gasteiger partial charge in [-0.3, -0.25) is 4.89 Å². The van der Waals surface area contributed by atoms with Crippen molar-refractivity contribution in [2.75, 3.05) is 0 Å². The fourth-order valence-corrected chi connectivity index (χ4v) is 1.75. The third-order valence-electron chi connectivity index (χ3n) is 2.76. The Kier molecular flexibility index (Phi) is 1.13. The molecule has 62 valence electrons. The topological polar surface area (TPSA) is 55.8 Å². The molecule has 1 N–H and O–H groups in total. The van der Waals surface area contributed by atoms with Gasteiger partial charge in [-0.15, -0.1) is 4.89 Å². The number of rotatable bonds is 0. The summed E-state index contributed by atoms with van der Waals surface area (Å²) in [5.41, 5.74) is -0.826. The second kappa shape index (κ2) is 1.76. The van der Waals surface area contributed by atoms with Gasteiger partial charge in [-0.1, -0.05) is 0 Å². The first-order valence-corrected chi connectivity index (χ1v) is 3.71. The molecule has 1 aliphatic carbocycles. The lowest BCUT2D eigenvalue weighted by Crippen LogP contribution is -2.41. The Morgan fingerprint density at radius 1 is 1.55 bits per heavy atom. The molecule has 4 heteroatoms. The highest BCUT2D eigenvalue weighted by Gasteiger charge is 2.64. The highest BCUT2D eigenvalue weighted by molar-refractivity contribution is 5.79. The summed E-state index contributed by atoms with van der Waals surface area (Å²) in [7, 11) is 0. The molecule has 1 saturated carbocycles. The molecule has 2 atom stereocenters. The maximum absolute atomic E-state index is 11.1. The summed E-state index contributed by atoms with van der Waals surface area (Å²) in [5.74, 6) is -1.80. The van der Waals surface area contributed by atoms with Crippen LogP contribution in [0.3, 0.4) is 0 Å². The fourth-order valence-electron chi connectivity index (χ4n) is 1.75. The van der Waals surface area contributed by atoms with Crippen molar-refractivity contribution in [1.82, 2.24) is 0 Å². The van der Waals surface area contributed by atoms with E-state index in [1.54, 1.807) is 6.92 Å². The number of hydrogen-bond acceptors (Lipinski definition) is 4. The number of fused-ring (bicyclic) bond motifs is 1. The van der Waals surface area contributed by atoms with Crippen LogP contribution in [0.2, 0.25) is 0 Å². The Bertz CT molecular complexity index is 214. The van der Waals surface area contributed by atoms with Gasteiger partial charge in [-0.25, -0.2) is 4.79 Å². The smallest absolute Gasteiger partial charge is 0.353 e. The molecule has 1 saturated heterocycles. The maximum Gasteiger partial charge on any atom is 0.353 e. The van der Waals surface area contributed by atoms with Gasteiger partial charge in [0.15, 0.2) is 0 Å². The van der Waals surface area contributed by atoms with Crippen LogP contribution in [-0.4, -0.2) is 16.9 Å². The highest BCUT2D eigenvalue weighted by atomic mass is 17.2. The Labute approximate surface area is 64.0 Å². The van der Waals surface area contributed by atoms with Crippen LogP contribution in [0, 0.1) is 5.41 Å². The lowest BCUT2D eigenvalue weighted by atomic mass is 9.85. The average Bonchev–Trinajstić information content (AvgIpc) is 2.34. The molecular formula is C7H10O4. The summed E-state index contributed by atoms with van der Waals surface area (Å²) in [5, 5.41) is 9.69. The van der Waals surface area contributed by atoms with Crippen LogP contribution >= 0.6 is 0 Å². The number of carbonyl (C=O) groups is 1. The van der Waals surface area contributed by atoms with Gasteiger partial charge in [0.25, 0.3) is 0 Å². The lowest BCUT2D eigenvalue weighted by molar-refractivity contribution is -0.363. The fraction of sp³-hybridized carbons (Fsp3) is 0.857. The minimum absolute atomic E-state index is 0.447. The van der Waals surface area contributed by atoms with E-state index < -0.39 is 17.2 Å². The minimum Gasteiger partial charge on any atom is -0.362 e. The quantitative estimate of drug-likeness (QED) is 0.517. The van der Waals surface area contributed by atoms with Crippen molar-refractivity contribution in [3.05, 3.63) is 0 Å². The zero-order valence-corrected chi connectivity index (χ0v) is 6.29. The van der Waals surface area contributed by atoms with Crippen LogP contribution in [0.1, 0.15) is 26.2 Å². The number of aliphatic hydroxyl groups is 1. The Morgan fingerprint density at radius 2 is 2.27 bits per heavy atom. The molecule has 0 aromatic carbocycles. The van der Waals surface area contributed by atoms with Gasteiger partial charge in [0, 0.05) is 6.42 Å². The normalized spacial score (nSPS) is 49.1. The third kappa shape index (κ3) is 0.636. The molecule has 2 fully saturated rings. The first kappa shape index (κ1) is 7.06. The molecule has 0 aromatic rings. The molecule has 1 heterocycles. The van der Waals surface area contributed by atoms with Crippen LogP contribution in [0.15, 0.2) is 0 Å². The van der Waals surface area contributed by atoms with Crippen LogP contribution in [-0.2, 0) is 14.6 Å². The van der Waals surface area contributed by atoms with E-state index in [2.05, 4.69) is 9.78 Å². The van der Waals surface area contributed by atoms with E-state index in [0.717, 1.165) is 6.42 Å². The molecule has 11 heavy (non-hydrogen) atoms. The van der Waals surface area contributed by atoms with Crippen molar-refractivity contribution >= 4 is 5.97 Å². The SMILES string of the molecule is CC12CCCC1(O)OOC2=O. The molecule has 0 radical (unpaired) electrons. The molecule has 0 spiro atoms. The average molecular weight is 158 g/mol. The van der Waals surface area contributed by atoms with Crippen molar-refractivity contribution < 1.29 is 19.7 Å². The summed E-state index contributed by atoms with van der Waals surface area (Å²) >= 11 is 0. The molecule has 0 bridgehead atoms. The van der Waals surface area contributed by atoms with Crippen LogP contribution in [0.4, 0.5) is 0 Å². The molecule has 2 rings (SSSR count). The van der Waals surface area contributed by atoms with E-state index in [-0.39, 0.29) is 0 Å². The highest BCUT2D eigenvalue weighted by Crippen LogP contribution is 2.51. The van der Waals surface area contributed by atoms with Crippen molar-refractivity contribution in [2.45, 2.75) is 32.0 Å². The van der Waals surface area contributed by atoms with E-state index >= 15 is 0 Å². The zero-order chi connectivity index (χ0) is 8.11. The second-order valence-electron chi connectivity index (χ2n) is 3.42. The van der Waals surface area contributed by atoms with Gasteiger partial charge in [-0.2, -0.15) is 0 Å². The Balaban J connectivity index is 2.41. The Morgan fingerprint density at radius 3 is 2.91 bits per heavy atom. The van der Waals surface area contributed by atoms with Gasteiger partial charge >= 0.3 is 5.97 Å². The van der Waals surface area contributed by atoms with E-state index in [0.29, 0.717) is 12.8 Å². The summed E-state index contributed by atoms with van der Waals surface area (Å²) < 4.78 is 0. The van der Waals surface area contributed by atoms with Gasteiger partial charge in [0.05, 0.1) is 0 Å². The van der Waals surface area contributed by atoms with E-state index in [1.807, 2.05) is 0 Å². The molecule has 4 nitrogen and oxygen atoms in total. The predicted octanol–water partition coefficient (Wildman–Crippen LogP) is 0.354. The largest absolute Gasteiger partial charge is 0.362 e. The van der Waals surface area contributed by atoms with Gasteiger partial charge < -0.3 is 5.11 Å². The van der Waals surface area contributed by atoms with E-state index in [9.17, 15) is 9.90 Å². The van der Waals surface area contributed by atoms with Gasteiger partial charge in [0.1, 0.15) is 5.41 Å². The third-order valence-corrected chi connectivity index (χ3v) is 2.76. The summed E-state index contributed by atoms with van der Waals surface area (Å²) in [6, 6.07) is 0. The monoisotopic (exact) mass is 158 g/mol. The van der Waals surface area contributed by atoms with Crippen LogP contribution in [0.5, 0.6) is 0 Å². The van der Waals surface area contributed by atoms with Gasteiger partial charge in [-0.05, 0) is 19.8 Å². The number of carbonyl (C=O) groups excluding carboxylic acids is 1. The predicted molar refractivity (Wildman–Crippen MR) is 34.1 cm³/mol. The molecule has 2 unspecified atom stereocenters. The summed E-state index contributed by atoms with van der Waals surface area (Å²) in [4.78, 5) is 20.0. The lowest BCUT2D eigenvalue weighted by Gasteiger charge is -2.23. The Hall–Kier alpha value is -0.610. The van der Waals surface area contributed by atoms with Crippen molar-refractivity contribution in [2.24, 2.45) is 5.41 Å². The van der Waals surface area contributed by atoms with Crippen LogP contribution in [0.25, 0.3) is 0 Å². The minimum atomic E-state index is -1.36. The number of hydrogen-bond donors (Lipinski definition) is 1. The van der Waals surface area contributed by atoms with E-state index in [1.165, 1.54) is 0 Å². The maximum atomic E-state index is 11.1. The van der Waals surface area contributed by atoms with Crippen LogP contribution < -0.4 is 0 Å². The molecule has 1 aliphatic heterocycles. The summed E-state index contributed by atoms with van der Waals surface area (Å²) in [6.07, 6.45) is 1.93. The second-order valence-corrected chi connectivity index (χ2v) is 3.42. The first-order valence-electron chi connectivity index (χ1n) is 3.71. The van der Waals surface area contributed by atoms with Crippen molar-refractivity contribution in [3.63, 3.8) is 0 Å². The van der Waals surface area contributed by atoms with Gasteiger partial charge in [0.2, 0.25) is 5.79 Å². The van der Waals surface area contributed by atoms with Crippen molar-refractivity contribution in [1.29, 1.82) is 0 Å². The molecule has 0 amide bonds. The molecule has 0 aromatic heterocycles. The first-order chi connectivity index (χ1) is 5.08.